The molecule has 370 valence electrons. The molecule has 0 amide bonds. The van der Waals surface area contributed by atoms with Gasteiger partial charge in [-0.1, -0.05) is 95.8 Å². The van der Waals surface area contributed by atoms with Gasteiger partial charge < -0.3 is 40.6 Å². The standard InChI is InChI=1S/C56H73N11O3/c1-6-10-32-66(33-11-7-2)36-16-30-57-54-61-55(58-31-17-37-67(34-12-8-3)35-13-9-4)63-56(62-54)59-42-23-25-43(26-24-42)64-65-52-50-41(22-29-46-45-18-14-15-19-48(45)60-51(46)50)39-47(53(52)69)49(68)38-40-20-27-44(70-5)28-21-40/h14-15,18-29,39,60,69H,6-13,16-17,30-38H2,1-5H3,(H3,57,58,59,61,62,63). The van der Waals surface area contributed by atoms with E-state index in [4.69, 9.17) is 24.8 Å². The number of H-pyrrole nitrogens is 1. The van der Waals surface area contributed by atoms with Crippen molar-refractivity contribution in [2.75, 3.05) is 75.4 Å². The lowest BCUT2D eigenvalue weighted by Crippen LogP contribution is -2.28. The molecule has 0 atom stereocenters. The van der Waals surface area contributed by atoms with Crippen molar-refractivity contribution >= 4 is 73.3 Å². The van der Waals surface area contributed by atoms with Crippen molar-refractivity contribution in [3.63, 3.8) is 0 Å². The number of fused-ring (bicyclic) bond motifs is 5. The minimum Gasteiger partial charge on any atom is -0.505 e. The first kappa shape index (κ1) is 51.2. The van der Waals surface area contributed by atoms with Gasteiger partial charge in [-0.2, -0.15) is 20.1 Å². The number of unbranched alkanes of at least 4 members (excludes halogenated alkanes) is 4. The average molecular weight is 948 g/mol. The van der Waals surface area contributed by atoms with Crippen molar-refractivity contribution in [1.29, 1.82) is 0 Å². The molecular formula is C56H73N11O3. The van der Waals surface area contributed by atoms with E-state index in [2.05, 4.69) is 69.6 Å². The van der Waals surface area contributed by atoms with E-state index in [-0.39, 0.29) is 29.2 Å². The molecule has 0 radical (unpaired) electrons. The van der Waals surface area contributed by atoms with Gasteiger partial charge in [-0.15, -0.1) is 5.11 Å². The van der Waals surface area contributed by atoms with Gasteiger partial charge in [0.2, 0.25) is 17.8 Å². The van der Waals surface area contributed by atoms with Gasteiger partial charge in [0, 0.05) is 46.9 Å². The lowest BCUT2D eigenvalue weighted by atomic mass is 9.96. The second kappa shape index (κ2) is 26.4. The molecule has 5 aromatic carbocycles. The van der Waals surface area contributed by atoms with Crippen molar-refractivity contribution < 1.29 is 14.6 Å². The van der Waals surface area contributed by atoms with Crippen molar-refractivity contribution in [3.8, 4) is 11.5 Å². The molecule has 2 heterocycles. The zero-order valence-corrected chi connectivity index (χ0v) is 42.0. The Morgan fingerprint density at radius 2 is 1.23 bits per heavy atom. The Morgan fingerprint density at radius 1 is 0.657 bits per heavy atom. The predicted molar refractivity (Wildman–Crippen MR) is 288 cm³/mol. The third-order valence-electron chi connectivity index (χ3n) is 12.8. The second-order valence-corrected chi connectivity index (χ2v) is 18.2. The monoisotopic (exact) mass is 948 g/mol. The van der Waals surface area contributed by atoms with Gasteiger partial charge in [-0.05, 0) is 137 Å². The van der Waals surface area contributed by atoms with Crippen LogP contribution in [-0.2, 0) is 6.42 Å². The van der Waals surface area contributed by atoms with Crippen LogP contribution in [0.3, 0.4) is 0 Å². The highest BCUT2D eigenvalue weighted by Crippen LogP contribution is 2.44. The summed E-state index contributed by atoms with van der Waals surface area (Å²) in [6.45, 7) is 17.1. The molecule has 7 rings (SSSR count). The number of aromatic amines is 1. The number of rotatable bonds is 30. The van der Waals surface area contributed by atoms with Gasteiger partial charge >= 0.3 is 0 Å². The molecule has 0 saturated carbocycles. The molecule has 0 aliphatic heterocycles. The Balaban J connectivity index is 1.11. The number of phenols is 1. The second-order valence-electron chi connectivity index (χ2n) is 18.2. The van der Waals surface area contributed by atoms with Crippen molar-refractivity contribution in [1.82, 2.24) is 29.7 Å². The van der Waals surface area contributed by atoms with Crippen LogP contribution in [0.25, 0.3) is 32.6 Å². The normalized spacial score (nSPS) is 11.8. The van der Waals surface area contributed by atoms with E-state index in [9.17, 15) is 9.90 Å². The number of ketones is 1. The third-order valence-corrected chi connectivity index (χ3v) is 12.8. The molecule has 7 aromatic rings. The van der Waals surface area contributed by atoms with Gasteiger partial charge in [0.25, 0.3) is 0 Å². The summed E-state index contributed by atoms with van der Waals surface area (Å²) in [4.78, 5) is 37.0. The Bertz CT molecular complexity index is 2710. The number of azo groups is 1. The number of anilines is 4. The summed E-state index contributed by atoms with van der Waals surface area (Å²) in [6.07, 6.45) is 11.7. The van der Waals surface area contributed by atoms with Crippen LogP contribution in [0.4, 0.5) is 34.9 Å². The smallest absolute Gasteiger partial charge is 0.233 e. The molecule has 2 aromatic heterocycles. The summed E-state index contributed by atoms with van der Waals surface area (Å²) >= 11 is 0. The first-order valence-electron chi connectivity index (χ1n) is 25.6. The van der Waals surface area contributed by atoms with Crippen LogP contribution in [0.2, 0.25) is 0 Å². The number of aromatic hydroxyl groups is 1. The van der Waals surface area contributed by atoms with Gasteiger partial charge in [0.15, 0.2) is 11.5 Å². The van der Waals surface area contributed by atoms with Crippen LogP contribution < -0.4 is 20.7 Å². The number of aromatic nitrogens is 4. The molecular weight excluding hydrogens is 875 g/mol. The molecule has 70 heavy (non-hydrogen) atoms. The SMILES string of the molecule is CCCCN(CCCC)CCCNc1nc(NCCCN(CCCC)CCCC)nc(Nc2ccc(N=Nc3c(O)c(C(=O)Cc4ccc(OC)cc4)cc4ccc5c6ccccc6[nH]c5c34)cc2)n1. The average Bonchev–Trinajstić information content (AvgIpc) is 3.77. The van der Waals surface area contributed by atoms with Crippen molar-refractivity contribution in [2.45, 2.75) is 98.3 Å². The molecule has 14 heteroatoms. The van der Waals surface area contributed by atoms with E-state index in [1.807, 2.05) is 78.9 Å². The van der Waals surface area contributed by atoms with E-state index in [1.165, 1.54) is 51.4 Å². The molecule has 0 unspecified atom stereocenters. The third kappa shape index (κ3) is 14.0. The van der Waals surface area contributed by atoms with E-state index in [0.29, 0.717) is 34.7 Å². The van der Waals surface area contributed by atoms with E-state index in [0.717, 1.165) is 104 Å². The van der Waals surface area contributed by atoms with Crippen LogP contribution in [0, 0.1) is 0 Å². The summed E-state index contributed by atoms with van der Waals surface area (Å²) in [5, 5.41) is 35.1. The summed E-state index contributed by atoms with van der Waals surface area (Å²) in [5.41, 5.74) is 4.26. The fraction of sp³-hybridized carbons (Fsp3) is 0.429. The molecule has 0 saturated heterocycles. The quantitative estimate of drug-likeness (QED) is 0.0165. The first-order chi connectivity index (χ1) is 34.3. The lowest BCUT2D eigenvalue weighted by molar-refractivity contribution is 0.0990. The summed E-state index contributed by atoms with van der Waals surface area (Å²) < 4.78 is 5.31. The fourth-order valence-corrected chi connectivity index (χ4v) is 8.76. The minimum atomic E-state index is -0.240. The molecule has 0 spiro atoms. The number of Topliss-reactive ketones (excluding diaryl/α,β-unsaturated/α-hetero) is 1. The number of hydrogen-bond acceptors (Lipinski definition) is 13. The fourth-order valence-electron chi connectivity index (χ4n) is 8.76. The Kier molecular flexibility index (Phi) is 19.3. The number of nitrogens with one attached hydrogen (secondary N) is 4. The molecule has 14 nitrogen and oxygen atoms in total. The minimum absolute atomic E-state index is 0.0903. The summed E-state index contributed by atoms with van der Waals surface area (Å²) in [6, 6.07) is 28.6. The van der Waals surface area contributed by atoms with Crippen LogP contribution in [0.15, 0.2) is 101 Å². The maximum Gasteiger partial charge on any atom is 0.233 e. The van der Waals surface area contributed by atoms with E-state index >= 15 is 0 Å². The number of para-hydroxylation sites is 1. The predicted octanol–water partition coefficient (Wildman–Crippen LogP) is 13.4. The molecule has 0 bridgehead atoms. The number of ether oxygens (including phenoxy) is 1. The Labute approximate surface area is 413 Å². The maximum atomic E-state index is 13.9. The number of nitrogens with zero attached hydrogens (tertiary/aromatic N) is 7. The van der Waals surface area contributed by atoms with Crippen LogP contribution in [0.1, 0.15) is 108 Å². The molecule has 0 aliphatic carbocycles. The van der Waals surface area contributed by atoms with E-state index < -0.39 is 0 Å². The van der Waals surface area contributed by atoms with Crippen LogP contribution >= 0.6 is 0 Å². The number of carbonyl (C=O) groups is 1. The lowest BCUT2D eigenvalue weighted by Gasteiger charge is -2.22. The summed E-state index contributed by atoms with van der Waals surface area (Å²) in [7, 11) is 1.61. The largest absolute Gasteiger partial charge is 0.505 e. The first-order valence-corrected chi connectivity index (χ1v) is 25.6. The molecule has 0 aliphatic rings. The van der Waals surface area contributed by atoms with Gasteiger partial charge in [0.1, 0.15) is 11.4 Å². The number of hydrogen-bond donors (Lipinski definition) is 5. The van der Waals surface area contributed by atoms with Crippen molar-refractivity contribution in [2.24, 2.45) is 10.2 Å². The number of methoxy groups -OCH3 is 1. The zero-order valence-electron chi connectivity index (χ0n) is 42.0. The van der Waals surface area contributed by atoms with E-state index in [1.54, 1.807) is 13.2 Å². The number of benzene rings is 5. The van der Waals surface area contributed by atoms with Crippen LogP contribution in [0.5, 0.6) is 11.5 Å². The van der Waals surface area contributed by atoms with Gasteiger partial charge in [-0.25, -0.2) is 0 Å². The molecule has 0 fully saturated rings. The number of carbonyl (C=O) groups excluding carboxylic acids is 1. The van der Waals surface area contributed by atoms with Crippen LogP contribution in [-0.4, -0.2) is 100 Å². The number of phenolic OH excluding ortho intramolecular Hbond substituents is 1. The Morgan fingerprint density at radius 3 is 1.81 bits per heavy atom. The van der Waals surface area contributed by atoms with Crippen molar-refractivity contribution in [3.05, 3.63) is 102 Å². The highest BCUT2D eigenvalue weighted by Gasteiger charge is 2.22. The highest BCUT2D eigenvalue weighted by molar-refractivity contribution is 6.22. The zero-order chi connectivity index (χ0) is 49.1. The highest BCUT2D eigenvalue weighted by atomic mass is 16.5. The summed E-state index contributed by atoms with van der Waals surface area (Å²) in [5.74, 6) is 1.70. The van der Waals surface area contributed by atoms with Gasteiger partial charge in [-0.3, -0.25) is 4.79 Å². The Hall–Kier alpha value is -6.64. The molecule has 5 N–H and O–H groups in total. The maximum absolute atomic E-state index is 13.9. The topological polar surface area (TPSA) is 168 Å². The van der Waals surface area contributed by atoms with Gasteiger partial charge in [0.05, 0.1) is 23.9 Å².